The smallest absolute Gasteiger partial charge is 0.230 e. The van der Waals surface area contributed by atoms with Crippen LogP contribution >= 0.6 is 0 Å². The standard InChI is InChI=1S/C23H24N4O/c28-21(26-20-7-3-5-18-4-1-2-6-19(18)20)22-9-16-8-17(10-22)12-23(11-16,13-22)27-15-24-14-25-27/h1-7,14-17H,8-13H2,(H,26,28)/t16-,17-,22?,23?/m1/s1. The van der Waals surface area contributed by atoms with Crippen molar-refractivity contribution < 1.29 is 4.79 Å². The van der Waals surface area contributed by atoms with Crippen LogP contribution in [0, 0.1) is 17.3 Å². The number of nitrogens with zero attached hydrogens (tertiary/aromatic N) is 3. The van der Waals surface area contributed by atoms with Gasteiger partial charge in [-0.05, 0) is 61.8 Å². The van der Waals surface area contributed by atoms with Crippen LogP contribution in [0.4, 0.5) is 5.69 Å². The van der Waals surface area contributed by atoms with Gasteiger partial charge in [-0.2, -0.15) is 5.10 Å². The molecule has 2 atom stereocenters. The molecule has 4 bridgehead atoms. The quantitative estimate of drug-likeness (QED) is 0.743. The molecule has 28 heavy (non-hydrogen) atoms. The maximum atomic E-state index is 13.7. The van der Waals surface area contributed by atoms with Gasteiger partial charge >= 0.3 is 0 Å². The Morgan fingerprint density at radius 2 is 1.82 bits per heavy atom. The van der Waals surface area contributed by atoms with Gasteiger partial charge in [0.05, 0.1) is 11.0 Å². The highest BCUT2D eigenvalue weighted by Gasteiger charge is 2.61. The summed E-state index contributed by atoms with van der Waals surface area (Å²) in [6, 6.07) is 14.4. The number of benzene rings is 2. The van der Waals surface area contributed by atoms with Gasteiger partial charge < -0.3 is 5.32 Å². The lowest BCUT2D eigenvalue weighted by atomic mass is 9.46. The molecule has 142 valence electrons. The first-order valence-corrected chi connectivity index (χ1v) is 10.3. The van der Waals surface area contributed by atoms with Crippen LogP contribution in [0.2, 0.25) is 0 Å². The molecule has 7 rings (SSSR count). The number of carbonyl (C=O) groups is 1. The van der Waals surface area contributed by atoms with Gasteiger partial charge in [0.2, 0.25) is 5.91 Å². The Hall–Kier alpha value is -2.69. The van der Waals surface area contributed by atoms with Crippen molar-refractivity contribution in [2.24, 2.45) is 17.3 Å². The molecule has 0 saturated heterocycles. The second kappa shape index (κ2) is 5.66. The van der Waals surface area contributed by atoms with Crippen molar-refractivity contribution in [3.05, 3.63) is 55.1 Å². The number of carbonyl (C=O) groups excluding carboxylic acids is 1. The molecule has 5 heteroatoms. The predicted octanol–water partition coefficient (Wildman–Crippen LogP) is 4.37. The summed E-state index contributed by atoms with van der Waals surface area (Å²) < 4.78 is 2.06. The molecular weight excluding hydrogens is 348 g/mol. The minimum atomic E-state index is -0.285. The Bertz CT molecular complexity index is 1040. The van der Waals surface area contributed by atoms with Crippen molar-refractivity contribution in [2.45, 2.75) is 44.1 Å². The van der Waals surface area contributed by atoms with Crippen molar-refractivity contribution in [3.8, 4) is 0 Å². The minimum Gasteiger partial charge on any atom is -0.325 e. The van der Waals surface area contributed by atoms with Crippen LogP contribution in [0.15, 0.2) is 55.1 Å². The Kier molecular flexibility index (Phi) is 3.29. The van der Waals surface area contributed by atoms with Crippen LogP contribution < -0.4 is 5.32 Å². The lowest BCUT2D eigenvalue weighted by Gasteiger charge is -2.60. The third kappa shape index (κ3) is 2.28. The van der Waals surface area contributed by atoms with Crippen LogP contribution in [-0.4, -0.2) is 20.7 Å². The third-order valence-electron chi connectivity index (χ3n) is 7.45. The number of fused-ring (bicyclic) bond motifs is 1. The zero-order valence-electron chi connectivity index (χ0n) is 15.8. The second-order valence-corrected chi connectivity index (χ2v) is 9.29. The first-order chi connectivity index (χ1) is 13.7. The summed E-state index contributed by atoms with van der Waals surface area (Å²) in [7, 11) is 0. The molecule has 0 aliphatic heterocycles. The van der Waals surface area contributed by atoms with Crippen LogP contribution in [0.1, 0.15) is 38.5 Å². The number of anilines is 1. The van der Waals surface area contributed by atoms with E-state index in [9.17, 15) is 4.79 Å². The number of hydrogen-bond donors (Lipinski definition) is 1. The minimum absolute atomic E-state index is 0.0311. The molecule has 2 aromatic carbocycles. The van der Waals surface area contributed by atoms with E-state index in [1.807, 2.05) is 30.6 Å². The Morgan fingerprint density at radius 1 is 1.04 bits per heavy atom. The first kappa shape index (κ1) is 16.3. The van der Waals surface area contributed by atoms with Crippen molar-refractivity contribution in [2.75, 3.05) is 5.32 Å². The SMILES string of the molecule is O=C(Nc1cccc2ccccc12)C12C[C@H]3C[C@H](C1)CC(n1cncn1)(C3)C2. The number of hydrogen-bond acceptors (Lipinski definition) is 3. The molecule has 0 radical (unpaired) electrons. The predicted molar refractivity (Wildman–Crippen MR) is 108 cm³/mol. The van der Waals surface area contributed by atoms with Crippen LogP contribution in [0.5, 0.6) is 0 Å². The van der Waals surface area contributed by atoms with E-state index >= 15 is 0 Å². The fourth-order valence-electron chi connectivity index (χ4n) is 6.79. The summed E-state index contributed by atoms with van der Waals surface area (Å²) >= 11 is 0. The van der Waals surface area contributed by atoms with E-state index in [0.29, 0.717) is 11.8 Å². The highest BCUT2D eigenvalue weighted by Crippen LogP contribution is 2.64. The normalized spacial score (nSPS) is 33.3. The van der Waals surface area contributed by atoms with Gasteiger partial charge in [-0.3, -0.25) is 4.79 Å². The summed E-state index contributed by atoms with van der Waals surface area (Å²) in [6.07, 6.45) is 9.91. The molecule has 0 unspecified atom stereocenters. The van der Waals surface area contributed by atoms with Crippen LogP contribution in [0.25, 0.3) is 10.8 Å². The average molecular weight is 372 g/mol. The average Bonchev–Trinajstić information content (AvgIpc) is 3.23. The maximum Gasteiger partial charge on any atom is 0.230 e. The molecule has 4 fully saturated rings. The summed E-state index contributed by atoms with van der Waals surface area (Å²) in [4.78, 5) is 17.9. The third-order valence-corrected chi connectivity index (χ3v) is 7.45. The zero-order chi connectivity index (χ0) is 18.8. The lowest BCUT2D eigenvalue weighted by molar-refractivity contribution is -0.150. The van der Waals surface area contributed by atoms with Gasteiger partial charge in [0.25, 0.3) is 0 Å². The van der Waals surface area contributed by atoms with E-state index in [2.05, 4.69) is 38.3 Å². The molecule has 4 aliphatic rings. The molecule has 1 heterocycles. The maximum absolute atomic E-state index is 13.7. The van der Waals surface area contributed by atoms with Crippen LogP contribution in [-0.2, 0) is 10.3 Å². The van der Waals surface area contributed by atoms with Gasteiger partial charge in [-0.15, -0.1) is 0 Å². The lowest BCUT2D eigenvalue weighted by Crippen LogP contribution is -2.60. The number of rotatable bonds is 3. The summed E-state index contributed by atoms with van der Waals surface area (Å²) in [5, 5.41) is 10.1. The van der Waals surface area contributed by atoms with Gasteiger partial charge in [0, 0.05) is 11.1 Å². The van der Waals surface area contributed by atoms with Gasteiger partial charge in [-0.25, -0.2) is 9.67 Å². The zero-order valence-corrected chi connectivity index (χ0v) is 15.8. The molecule has 0 spiro atoms. The van der Waals surface area contributed by atoms with Gasteiger partial charge in [-0.1, -0.05) is 36.4 Å². The van der Waals surface area contributed by atoms with E-state index in [1.54, 1.807) is 6.33 Å². The second-order valence-electron chi connectivity index (χ2n) is 9.29. The molecule has 3 aromatic rings. The van der Waals surface area contributed by atoms with E-state index in [4.69, 9.17) is 0 Å². The van der Waals surface area contributed by atoms with Gasteiger partial charge in [0.1, 0.15) is 12.7 Å². The number of aromatic nitrogens is 3. The van der Waals surface area contributed by atoms with Gasteiger partial charge in [0.15, 0.2) is 0 Å². The Balaban J connectivity index is 1.37. The van der Waals surface area contributed by atoms with E-state index in [1.165, 1.54) is 6.42 Å². The van der Waals surface area contributed by atoms with Crippen molar-refractivity contribution >= 4 is 22.4 Å². The van der Waals surface area contributed by atoms with E-state index < -0.39 is 0 Å². The molecule has 1 aromatic heterocycles. The molecule has 5 nitrogen and oxygen atoms in total. The number of nitrogens with one attached hydrogen (secondary N) is 1. The fourth-order valence-corrected chi connectivity index (χ4v) is 6.79. The molecular formula is C23H24N4O. The summed E-state index contributed by atoms with van der Waals surface area (Å²) in [5.74, 6) is 1.43. The summed E-state index contributed by atoms with van der Waals surface area (Å²) in [6.45, 7) is 0. The fraction of sp³-hybridized carbons (Fsp3) is 0.435. The van der Waals surface area contributed by atoms with Crippen molar-refractivity contribution in [1.82, 2.24) is 14.8 Å². The first-order valence-electron chi connectivity index (χ1n) is 10.3. The Labute approximate surface area is 164 Å². The highest BCUT2D eigenvalue weighted by molar-refractivity contribution is 6.04. The monoisotopic (exact) mass is 372 g/mol. The molecule has 4 saturated carbocycles. The van der Waals surface area contributed by atoms with Crippen molar-refractivity contribution in [1.29, 1.82) is 0 Å². The van der Waals surface area contributed by atoms with Crippen LogP contribution in [0.3, 0.4) is 0 Å². The molecule has 4 aliphatic carbocycles. The Morgan fingerprint density at radius 3 is 2.61 bits per heavy atom. The molecule has 1 N–H and O–H groups in total. The number of amides is 1. The molecule has 1 amide bonds. The van der Waals surface area contributed by atoms with E-state index in [0.717, 1.165) is 48.6 Å². The van der Waals surface area contributed by atoms with E-state index in [-0.39, 0.29) is 16.9 Å². The largest absolute Gasteiger partial charge is 0.325 e. The highest BCUT2D eigenvalue weighted by atomic mass is 16.2. The topological polar surface area (TPSA) is 59.8 Å². The summed E-state index contributed by atoms with van der Waals surface area (Å²) in [5.41, 5.74) is 0.609. The van der Waals surface area contributed by atoms with Crippen molar-refractivity contribution in [3.63, 3.8) is 0 Å².